The maximum absolute atomic E-state index is 2.47. The van der Waals surface area contributed by atoms with Gasteiger partial charge >= 0.3 is 0 Å². The van der Waals surface area contributed by atoms with E-state index in [2.05, 4.69) is 19.4 Å². The van der Waals surface area contributed by atoms with Gasteiger partial charge in [0.05, 0.1) is 0 Å². The Labute approximate surface area is 89.8 Å². The summed E-state index contributed by atoms with van der Waals surface area (Å²) in [6, 6.07) is 0. The molecule has 0 heterocycles. The van der Waals surface area contributed by atoms with E-state index in [-0.39, 0.29) is 0 Å². The van der Waals surface area contributed by atoms with Crippen molar-refractivity contribution < 1.29 is 0 Å². The summed E-state index contributed by atoms with van der Waals surface area (Å²) in [6.07, 6.45) is 18.8. The molecule has 0 aromatic heterocycles. The molecule has 0 fully saturated rings. The van der Waals surface area contributed by atoms with Crippen LogP contribution in [-0.2, 0) is 0 Å². The third-order valence-electron chi connectivity index (χ3n) is 3.04. The van der Waals surface area contributed by atoms with Crippen LogP contribution in [0.1, 0.15) is 71.1 Å². The van der Waals surface area contributed by atoms with E-state index in [0.717, 1.165) is 0 Å². The molecule has 81 valence electrons. The highest BCUT2D eigenvalue weighted by molar-refractivity contribution is 5.16. The molecule has 0 atom stereocenters. The highest BCUT2D eigenvalue weighted by Gasteiger charge is 2.03. The van der Waals surface area contributed by atoms with E-state index in [1.54, 1.807) is 5.57 Å². The average molecular weight is 193 g/mol. The Balaban J connectivity index is 1.80. The zero-order valence-corrected chi connectivity index (χ0v) is 9.73. The second kappa shape index (κ2) is 8.08. The largest absolute Gasteiger partial charge is 0.0850 e. The van der Waals surface area contributed by atoms with Crippen molar-refractivity contribution in [1.29, 1.82) is 0 Å². The Bertz CT molecular complexity index is 155. The van der Waals surface area contributed by atoms with Gasteiger partial charge in [-0.25, -0.2) is 0 Å². The quantitative estimate of drug-likeness (QED) is 0.473. The molecule has 0 N–H and O–H groups in total. The molecule has 0 spiro atoms. The van der Waals surface area contributed by atoms with Gasteiger partial charge in [0, 0.05) is 0 Å². The SMILES string of the molecule is CCCCCCCC[CH]C1=CCCC1. The van der Waals surface area contributed by atoms with Gasteiger partial charge in [0.15, 0.2) is 0 Å². The lowest BCUT2D eigenvalue weighted by Gasteiger charge is -2.01. The fraction of sp³-hybridized carbons (Fsp3) is 0.786. The van der Waals surface area contributed by atoms with E-state index in [1.807, 2.05) is 0 Å². The van der Waals surface area contributed by atoms with Crippen molar-refractivity contribution in [3.63, 3.8) is 0 Å². The maximum atomic E-state index is 2.47. The lowest BCUT2D eigenvalue weighted by molar-refractivity contribution is 0.606. The lowest BCUT2D eigenvalue weighted by atomic mass is 10.0. The summed E-state index contributed by atoms with van der Waals surface area (Å²) in [5, 5.41) is 0. The molecule has 0 heteroatoms. The molecule has 1 aliphatic carbocycles. The molecule has 0 aliphatic heterocycles. The van der Waals surface area contributed by atoms with Crippen molar-refractivity contribution in [2.45, 2.75) is 71.1 Å². The summed E-state index contributed by atoms with van der Waals surface area (Å²) < 4.78 is 0. The van der Waals surface area contributed by atoms with Gasteiger partial charge in [-0.05, 0) is 32.1 Å². The molecule has 0 unspecified atom stereocenters. The van der Waals surface area contributed by atoms with Crippen molar-refractivity contribution in [1.82, 2.24) is 0 Å². The molecule has 1 aliphatic rings. The van der Waals surface area contributed by atoms with Gasteiger partial charge in [0.1, 0.15) is 0 Å². The van der Waals surface area contributed by atoms with Gasteiger partial charge in [-0.15, -0.1) is 0 Å². The predicted octanol–water partition coefficient (Wildman–Crippen LogP) is 5.05. The summed E-state index contributed by atoms with van der Waals surface area (Å²) >= 11 is 0. The molecule has 14 heavy (non-hydrogen) atoms. The van der Waals surface area contributed by atoms with E-state index < -0.39 is 0 Å². The summed E-state index contributed by atoms with van der Waals surface area (Å²) in [5.41, 5.74) is 1.62. The molecule has 0 nitrogen and oxygen atoms in total. The molecule has 0 bridgehead atoms. The van der Waals surface area contributed by atoms with Crippen LogP contribution in [0, 0.1) is 6.42 Å². The summed E-state index contributed by atoms with van der Waals surface area (Å²) in [4.78, 5) is 0. The first-order valence-electron chi connectivity index (χ1n) is 6.45. The van der Waals surface area contributed by atoms with Gasteiger partial charge < -0.3 is 0 Å². The number of hydrogen-bond acceptors (Lipinski definition) is 0. The molecule has 0 aromatic rings. The standard InChI is InChI=1S/C14H25/c1-2-3-4-5-6-7-8-11-14-12-9-10-13-14/h11-12H,2-10,13H2,1H3. The van der Waals surface area contributed by atoms with Crippen LogP contribution < -0.4 is 0 Å². The Kier molecular flexibility index (Phi) is 6.82. The molecular formula is C14H25. The number of hydrogen-bond donors (Lipinski definition) is 0. The van der Waals surface area contributed by atoms with Crippen LogP contribution >= 0.6 is 0 Å². The predicted molar refractivity (Wildman–Crippen MR) is 64.2 cm³/mol. The second-order valence-corrected chi connectivity index (χ2v) is 4.43. The van der Waals surface area contributed by atoms with Crippen LogP contribution in [0.2, 0.25) is 0 Å². The third kappa shape index (κ3) is 5.47. The van der Waals surface area contributed by atoms with Crippen LogP contribution in [0.4, 0.5) is 0 Å². The molecule has 0 aromatic carbocycles. The van der Waals surface area contributed by atoms with Gasteiger partial charge in [-0.3, -0.25) is 0 Å². The van der Waals surface area contributed by atoms with Crippen LogP contribution in [0.15, 0.2) is 11.6 Å². The van der Waals surface area contributed by atoms with Crippen LogP contribution in [-0.4, -0.2) is 0 Å². The minimum atomic E-state index is 1.32. The zero-order valence-electron chi connectivity index (χ0n) is 9.73. The first-order chi connectivity index (χ1) is 6.93. The third-order valence-corrected chi connectivity index (χ3v) is 3.04. The van der Waals surface area contributed by atoms with Crippen molar-refractivity contribution in [3.8, 4) is 0 Å². The first-order valence-corrected chi connectivity index (χ1v) is 6.45. The Hall–Kier alpha value is -0.260. The molecule has 0 saturated carbocycles. The van der Waals surface area contributed by atoms with Crippen molar-refractivity contribution in [3.05, 3.63) is 18.1 Å². The maximum Gasteiger partial charge on any atom is -0.0138 e. The first kappa shape index (κ1) is 11.8. The smallest absolute Gasteiger partial charge is 0.0138 e. The second-order valence-electron chi connectivity index (χ2n) is 4.43. The van der Waals surface area contributed by atoms with E-state index >= 15 is 0 Å². The average Bonchev–Trinajstić information content (AvgIpc) is 2.69. The molecule has 1 radical (unpaired) electrons. The Morgan fingerprint density at radius 3 is 2.64 bits per heavy atom. The highest BCUT2D eigenvalue weighted by atomic mass is 14.1. The van der Waals surface area contributed by atoms with E-state index in [0.29, 0.717) is 0 Å². The van der Waals surface area contributed by atoms with E-state index in [4.69, 9.17) is 0 Å². The van der Waals surface area contributed by atoms with Crippen LogP contribution in [0.5, 0.6) is 0 Å². The fourth-order valence-corrected chi connectivity index (χ4v) is 2.09. The minimum Gasteiger partial charge on any atom is -0.0850 e. The summed E-state index contributed by atoms with van der Waals surface area (Å²) in [7, 11) is 0. The van der Waals surface area contributed by atoms with Crippen LogP contribution in [0.3, 0.4) is 0 Å². The minimum absolute atomic E-state index is 1.32. The van der Waals surface area contributed by atoms with E-state index in [1.165, 1.54) is 64.2 Å². The van der Waals surface area contributed by atoms with E-state index in [9.17, 15) is 0 Å². The monoisotopic (exact) mass is 193 g/mol. The summed E-state index contributed by atoms with van der Waals surface area (Å²) in [5.74, 6) is 0. The van der Waals surface area contributed by atoms with Crippen molar-refractivity contribution >= 4 is 0 Å². The summed E-state index contributed by atoms with van der Waals surface area (Å²) in [6.45, 7) is 2.28. The number of allylic oxidation sites excluding steroid dienone is 2. The number of rotatable bonds is 8. The molecule has 1 rings (SSSR count). The topological polar surface area (TPSA) is 0 Å². The van der Waals surface area contributed by atoms with Gasteiger partial charge in [-0.2, -0.15) is 0 Å². The Morgan fingerprint density at radius 1 is 1.14 bits per heavy atom. The fourth-order valence-electron chi connectivity index (χ4n) is 2.09. The molecule has 0 amide bonds. The highest BCUT2D eigenvalue weighted by Crippen LogP contribution is 2.22. The van der Waals surface area contributed by atoms with Crippen molar-refractivity contribution in [2.75, 3.05) is 0 Å². The van der Waals surface area contributed by atoms with Crippen molar-refractivity contribution in [2.24, 2.45) is 0 Å². The Morgan fingerprint density at radius 2 is 1.93 bits per heavy atom. The van der Waals surface area contributed by atoms with Gasteiger partial charge in [-0.1, -0.05) is 57.1 Å². The molecule has 0 saturated heterocycles. The normalized spacial score (nSPS) is 15.9. The molecular weight excluding hydrogens is 168 g/mol. The van der Waals surface area contributed by atoms with Gasteiger partial charge in [0.2, 0.25) is 0 Å². The lowest BCUT2D eigenvalue weighted by Crippen LogP contribution is -1.83. The van der Waals surface area contributed by atoms with Gasteiger partial charge in [0.25, 0.3) is 0 Å². The zero-order chi connectivity index (χ0) is 10.1. The number of unbranched alkanes of at least 4 members (excludes halogenated alkanes) is 6. The van der Waals surface area contributed by atoms with Crippen LogP contribution in [0.25, 0.3) is 0 Å².